The lowest BCUT2D eigenvalue weighted by Crippen LogP contribution is -2.71. The molecule has 1 spiro atoms. The van der Waals surface area contributed by atoms with Gasteiger partial charge in [-0.05, 0) is 63.3 Å². The second kappa shape index (κ2) is 6.94. The number of nitrogens with zero attached hydrogens (tertiary/aromatic N) is 2. The first-order chi connectivity index (χ1) is 17.7. The summed E-state index contributed by atoms with van der Waals surface area (Å²) in [6.45, 7) is 20.6. The monoisotopic (exact) mass is 502 g/mol. The Hall–Kier alpha value is -3.46. The van der Waals surface area contributed by atoms with Crippen molar-refractivity contribution in [3.8, 4) is 34.0 Å². The molecule has 0 saturated carbocycles. The lowest BCUT2D eigenvalue weighted by molar-refractivity contribution is -0.955. The summed E-state index contributed by atoms with van der Waals surface area (Å²) in [6, 6.07) is 20.7. The van der Waals surface area contributed by atoms with Crippen LogP contribution in [0.25, 0.3) is 22.5 Å². The van der Waals surface area contributed by atoms with Crippen LogP contribution in [0.15, 0.2) is 67.0 Å². The molecule has 7 rings (SSSR count). The van der Waals surface area contributed by atoms with Gasteiger partial charge in [-0.3, -0.25) is 0 Å². The van der Waals surface area contributed by atoms with E-state index < -0.39 is 5.66 Å². The summed E-state index contributed by atoms with van der Waals surface area (Å²) in [5.41, 5.74) is 11.0. The molecular weight excluding hydrogens is 464 g/mol. The van der Waals surface area contributed by atoms with Gasteiger partial charge in [0.15, 0.2) is 23.5 Å². The van der Waals surface area contributed by atoms with Crippen LogP contribution in [0.4, 0.5) is 0 Å². The van der Waals surface area contributed by atoms with Crippen molar-refractivity contribution in [3.63, 3.8) is 0 Å². The normalized spacial score (nSPS) is 18.4. The minimum atomic E-state index is -0.511. The number of aromatic nitrogens is 2. The predicted octanol–water partition coefficient (Wildman–Crippen LogP) is 7.52. The first kappa shape index (κ1) is 23.6. The third kappa shape index (κ3) is 2.85. The Morgan fingerprint density at radius 3 is 1.63 bits per heavy atom. The van der Waals surface area contributed by atoms with Gasteiger partial charge in [0.25, 0.3) is 0 Å². The van der Waals surface area contributed by atoms with Crippen molar-refractivity contribution in [2.45, 2.75) is 84.2 Å². The Balaban J connectivity index is 1.69. The lowest BCUT2D eigenvalue weighted by atomic mass is 9.79. The molecular formula is C35H38N2O+2. The summed E-state index contributed by atoms with van der Waals surface area (Å²) in [7, 11) is 0. The Kier molecular flexibility index (Phi) is 4.32. The quantitative estimate of drug-likeness (QED) is 0.196. The summed E-state index contributed by atoms with van der Waals surface area (Å²) < 4.78 is 12.0. The zero-order valence-electron chi connectivity index (χ0n) is 24.2. The van der Waals surface area contributed by atoms with Gasteiger partial charge in [0, 0.05) is 24.3 Å². The van der Waals surface area contributed by atoms with Crippen molar-refractivity contribution in [1.29, 1.82) is 0 Å². The SMILES string of the molecule is CC(C)(C)c1cc2c3c(c1)-c1cccc[n+]1C31c3c(cc(C(C)(C)C)cc3-c3cc(C(C)(C)C)cc[n+]31)O2. The highest BCUT2D eigenvalue weighted by atomic mass is 16.5. The number of benzene rings is 2. The van der Waals surface area contributed by atoms with Gasteiger partial charge < -0.3 is 4.74 Å². The summed E-state index contributed by atoms with van der Waals surface area (Å²) in [6.07, 6.45) is 4.58. The van der Waals surface area contributed by atoms with Gasteiger partial charge in [-0.25, -0.2) is 0 Å². The van der Waals surface area contributed by atoms with Crippen LogP contribution in [0.1, 0.15) is 90.1 Å². The minimum Gasteiger partial charge on any atom is -0.456 e. The molecule has 0 N–H and O–H groups in total. The largest absolute Gasteiger partial charge is 0.456 e. The second-order valence-electron chi connectivity index (χ2n) is 14.4. The molecule has 3 aliphatic heterocycles. The standard InChI is InChI=1S/C35H38N2O/c1-32(2,3)21-13-15-37-27(18-21)25-17-23(34(7,8)9)20-29-31(25)35(37)30-24(26-12-10-11-14-36(26)35)16-22(33(4,5)6)19-28(30)38-29/h10-20H,1-9H3/q+2. The molecule has 0 amide bonds. The van der Waals surface area contributed by atoms with Gasteiger partial charge in [-0.2, -0.15) is 0 Å². The van der Waals surface area contributed by atoms with Gasteiger partial charge >= 0.3 is 5.66 Å². The first-order valence-corrected chi connectivity index (χ1v) is 13.9. The van der Waals surface area contributed by atoms with E-state index in [1.807, 2.05) is 0 Å². The van der Waals surface area contributed by atoms with Crippen molar-refractivity contribution in [3.05, 3.63) is 94.8 Å². The van der Waals surface area contributed by atoms with Crippen LogP contribution in [0.2, 0.25) is 0 Å². The van der Waals surface area contributed by atoms with Crippen molar-refractivity contribution in [1.82, 2.24) is 0 Å². The van der Waals surface area contributed by atoms with E-state index in [1.54, 1.807) is 0 Å². The first-order valence-electron chi connectivity index (χ1n) is 13.9. The number of pyridine rings is 2. The predicted molar refractivity (Wildman–Crippen MR) is 152 cm³/mol. The van der Waals surface area contributed by atoms with E-state index in [0.29, 0.717) is 0 Å². The highest BCUT2D eigenvalue weighted by molar-refractivity contribution is 5.81. The molecule has 0 radical (unpaired) electrons. The minimum absolute atomic E-state index is 0.00344. The van der Waals surface area contributed by atoms with Gasteiger partial charge in [0.2, 0.25) is 11.4 Å². The lowest BCUT2D eigenvalue weighted by Gasteiger charge is -2.29. The average Bonchev–Trinajstić information content (AvgIpc) is 3.30. The average molecular weight is 503 g/mol. The summed E-state index contributed by atoms with van der Waals surface area (Å²) in [5.74, 6) is 1.95. The zero-order valence-corrected chi connectivity index (χ0v) is 24.2. The van der Waals surface area contributed by atoms with Crippen LogP contribution in [0.3, 0.4) is 0 Å². The molecule has 3 nitrogen and oxygen atoms in total. The zero-order chi connectivity index (χ0) is 27.0. The molecule has 4 aromatic rings. The summed E-state index contributed by atoms with van der Waals surface area (Å²) in [4.78, 5) is 0. The van der Waals surface area contributed by atoms with E-state index in [2.05, 4.69) is 138 Å². The molecule has 1 atom stereocenters. The van der Waals surface area contributed by atoms with Crippen molar-refractivity contribution < 1.29 is 13.9 Å². The maximum absolute atomic E-state index is 6.96. The fourth-order valence-corrected chi connectivity index (χ4v) is 6.62. The molecule has 2 aromatic heterocycles. The van der Waals surface area contributed by atoms with Crippen LogP contribution in [0.5, 0.6) is 11.5 Å². The van der Waals surface area contributed by atoms with E-state index in [4.69, 9.17) is 4.74 Å². The maximum Gasteiger partial charge on any atom is 0.424 e. The highest BCUT2D eigenvalue weighted by Crippen LogP contribution is 2.58. The third-order valence-corrected chi connectivity index (χ3v) is 8.78. The number of ether oxygens (including phenoxy) is 1. The smallest absolute Gasteiger partial charge is 0.424 e. The summed E-state index contributed by atoms with van der Waals surface area (Å²) in [5, 5.41) is 0. The molecule has 192 valence electrons. The highest BCUT2D eigenvalue weighted by Gasteiger charge is 2.71. The summed E-state index contributed by atoms with van der Waals surface area (Å²) >= 11 is 0. The van der Waals surface area contributed by atoms with E-state index in [-0.39, 0.29) is 16.2 Å². The van der Waals surface area contributed by atoms with Gasteiger partial charge in [-0.1, -0.05) is 62.3 Å². The number of hydrogen-bond donors (Lipinski definition) is 0. The molecule has 3 heteroatoms. The van der Waals surface area contributed by atoms with Crippen molar-refractivity contribution >= 4 is 0 Å². The molecule has 3 aliphatic rings. The number of rotatable bonds is 0. The molecule has 38 heavy (non-hydrogen) atoms. The van der Waals surface area contributed by atoms with E-state index in [0.717, 1.165) is 11.5 Å². The Morgan fingerprint density at radius 1 is 0.553 bits per heavy atom. The van der Waals surface area contributed by atoms with Gasteiger partial charge in [0.05, 0.1) is 11.1 Å². The molecule has 5 heterocycles. The third-order valence-electron chi connectivity index (χ3n) is 8.78. The molecule has 2 aromatic carbocycles. The van der Waals surface area contributed by atoms with Crippen LogP contribution in [-0.2, 0) is 21.9 Å². The van der Waals surface area contributed by atoms with Gasteiger partial charge in [-0.15, -0.1) is 9.13 Å². The van der Waals surface area contributed by atoms with E-state index in [9.17, 15) is 0 Å². The maximum atomic E-state index is 6.96. The van der Waals surface area contributed by atoms with E-state index in [1.165, 1.54) is 50.3 Å². The Morgan fingerprint density at radius 2 is 1.08 bits per heavy atom. The van der Waals surface area contributed by atoms with Crippen LogP contribution in [0, 0.1) is 0 Å². The molecule has 0 fully saturated rings. The Labute approximate surface area is 226 Å². The molecule has 0 aliphatic carbocycles. The number of hydrogen-bond acceptors (Lipinski definition) is 1. The van der Waals surface area contributed by atoms with Crippen LogP contribution < -0.4 is 13.9 Å². The second-order valence-corrected chi connectivity index (χ2v) is 14.4. The van der Waals surface area contributed by atoms with Crippen molar-refractivity contribution in [2.24, 2.45) is 0 Å². The van der Waals surface area contributed by atoms with Crippen LogP contribution >= 0.6 is 0 Å². The fraction of sp³-hybridized carbons (Fsp3) is 0.371. The van der Waals surface area contributed by atoms with E-state index >= 15 is 0 Å². The molecule has 1 unspecified atom stereocenters. The molecule has 0 saturated heterocycles. The molecule has 0 bridgehead atoms. The Bertz CT molecular complexity index is 1690. The van der Waals surface area contributed by atoms with Crippen LogP contribution in [-0.4, -0.2) is 0 Å². The van der Waals surface area contributed by atoms with Crippen molar-refractivity contribution in [2.75, 3.05) is 0 Å². The fourth-order valence-electron chi connectivity index (χ4n) is 6.62. The number of fused-ring (bicyclic) bond motifs is 4. The van der Waals surface area contributed by atoms with Gasteiger partial charge in [0.1, 0.15) is 11.5 Å². The topological polar surface area (TPSA) is 17.0 Å².